The predicted octanol–water partition coefficient (Wildman–Crippen LogP) is 1.27. The van der Waals surface area contributed by atoms with E-state index >= 15 is 0 Å². The number of aliphatic hydroxyl groups excluding tert-OH is 2. The van der Waals surface area contributed by atoms with Crippen molar-refractivity contribution in [1.82, 2.24) is 0 Å². The van der Waals surface area contributed by atoms with Crippen molar-refractivity contribution in [3.05, 3.63) is 43.8 Å². The molecule has 10 heteroatoms. The van der Waals surface area contributed by atoms with Gasteiger partial charge in [-0.15, -0.1) is 0 Å². The number of hydrogen-bond acceptors (Lipinski definition) is 7. The molecule has 0 amide bonds. The Bertz CT molecular complexity index is 635. The minimum Gasteiger partial charge on any atom is -0.502 e. The van der Waals surface area contributed by atoms with Crippen molar-refractivity contribution in [2.75, 3.05) is 6.54 Å². The van der Waals surface area contributed by atoms with Crippen LogP contribution >= 0.6 is 0 Å². The molecule has 0 aliphatic carbocycles. The second-order valence-corrected chi connectivity index (χ2v) is 4.06. The lowest BCUT2D eigenvalue weighted by Crippen LogP contribution is -2.19. The Kier molecular flexibility index (Phi) is 5.45. The van der Waals surface area contributed by atoms with E-state index in [-0.39, 0.29) is 24.1 Å². The van der Waals surface area contributed by atoms with Crippen molar-refractivity contribution >= 4 is 5.69 Å². The number of azide groups is 1. The van der Waals surface area contributed by atoms with Gasteiger partial charge in [-0.1, -0.05) is 5.11 Å². The molecule has 1 aromatic carbocycles. The van der Waals surface area contributed by atoms with Crippen LogP contribution in [0.4, 0.5) is 5.69 Å². The number of aliphatic hydroxyl groups is 2. The second kappa shape index (κ2) is 7.06. The zero-order valence-electron chi connectivity index (χ0n) is 10.6. The maximum Gasteiger partial charge on any atom is 0.312 e. The van der Waals surface area contributed by atoms with Crippen molar-refractivity contribution in [2.45, 2.75) is 18.6 Å². The van der Waals surface area contributed by atoms with Crippen LogP contribution in [0, 0.1) is 21.4 Å². The summed E-state index contributed by atoms with van der Waals surface area (Å²) in [6.45, 7) is -0.102. The summed E-state index contributed by atoms with van der Waals surface area (Å²) in [6, 6.07) is 3.57. The van der Waals surface area contributed by atoms with E-state index < -0.39 is 28.6 Å². The summed E-state index contributed by atoms with van der Waals surface area (Å²) in [4.78, 5) is 12.4. The molecule has 0 aromatic heterocycles. The van der Waals surface area contributed by atoms with E-state index in [0.29, 0.717) is 0 Å². The first kappa shape index (κ1) is 16.2. The summed E-state index contributed by atoms with van der Waals surface area (Å²) in [5, 5.41) is 52.2. The van der Waals surface area contributed by atoms with E-state index in [2.05, 4.69) is 10.0 Å². The quantitative estimate of drug-likeness (QED) is 0.233. The van der Waals surface area contributed by atoms with Crippen molar-refractivity contribution < 1.29 is 20.2 Å². The summed E-state index contributed by atoms with van der Waals surface area (Å²) < 4.78 is 0. The number of phenolic OH excluding ortho intramolecular Hbond substituents is 1. The van der Waals surface area contributed by atoms with Gasteiger partial charge in [-0.25, -0.2) is 0 Å². The highest BCUT2D eigenvalue weighted by Gasteiger charge is 2.27. The van der Waals surface area contributed by atoms with Gasteiger partial charge >= 0.3 is 5.69 Å². The Labute approximate surface area is 118 Å². The van der Waals surface area contributed by atoms with Crippen molar-refractivity contribution in [3.63, 3.8) is 0 Å². The second-order valence-electron chi connectivity index (χ2n) is 4.06. The Morgan fingerprint density at radius 3 is 2.71 bits per heavy atom. The van der Waals surface area contributed by atoms with E-state index in [9.17, 15) is 25.4 Å². The SMILES string of the molecule is N#Cc1cc(C(O)C(O)CCN=[N+]=[N-])c(O)c([N+](=O)[O-])c1. The molecule has 0 aliphatic rings. The largest absolute Gasteiger partial charge is 0.502 e. The van der Waals surface area contributed by atoms with Crippen molar-refractivity contribution in [3.8, 4) is 11.8 Å². The van der Waals surface area contributed by atoms with Gasteiger partial charge in [-0.2, -0.15) is 5.26 Å². The average molecular weight is 293 g/mol. The number of nitriles is 1. The zero-order chi connectivity index (χ0) is 16.0. The van der Waals surface area contributed by atoms with Crippen LogP contribution in [-0.2, 0) is 0 Å². The standard InChI is InChI=1S/C11H11N5O5/c12-5-6-3-7(10(18)8(4-6)16(20)21)11(19)9(17)1-2-14-15-13/h3-4,9,11,17-19H,1-2H2. The van der Waals surface area contributed by atoms with Crippen LogP contribution < -0.4 is 0 Å². The first-order valence-electron chi connectivity index (χ1n) is 5.70. The lowest BCUT2D eigenvalue weighted by molar-refractivity contribution is -0.386. The van der Waals surface area contributed by atoms with Crippen LogP contribution in [0.2, 0.25) is 0 Å². The van der Waals surface area contributed by atoms with Crippen molar-refractivity contribution in [2.24, 2.45) is 5.11 Å². The average Bonchev–Trinajstić information content (AvgIpc) is 2.46. The molecule has 0 saturated carbocycles. The fourth-order valence-electron chi connectivity index (χ4n) is 1.67. The third kappa shape index (κ3) is 3.80. The molecule has 21 heavy (non-hydrogen) atoms. The maximum absolute atomic E-state index is 10.8. The number of nitro groups is 1. The molecular formula is C11H11N5O5. The summed E-state index contributed by atoms with van der Waals surface area (Å²) in [7, 11) is 0. The molecule has 3 N–H and O–H groups in total. The van der Waals surface area contributed by atoms with E-state index in [1.807, 2.05) is 0 Å². The summed E-state index contributed by atoms with van der Waals surface area (Å²) in [5.74, 6) is -0.825. The highest BCUT2D eigenvalue weighted by atomic mass is 16.6. The maximum atomic E-state index is 10.8. The van der Waals surface area contributed by atoms with E-state index in [1.54, 1.807) is 6.07 Å². The molecule has 0 aliphatic heterocycles. The van der Waals surface area contributed by atoms with Crippen molar-refractivity contribution in [1.29, 1.82) is 5.26 Å². The molecule has 2 unspecified atom stereocenters. The van der Waals surface area contributed by atoms with Gasteiger partial charge in [0.1, 0.15) is 6.10 Å². The minimum atomic E-state index is -1.66. The number of benzene rings is 1. The summed E-state index contributed by atoms with van der Waals surface area (Å²) in [5.41, 5.74) is 6.88. The van der Waals surface area contributed by atoms with Gasteiger partial charge in [0.25, 0.3) is 0 Å². The molecular weight excluding hydrogens is 282 g/mol. The minimum absolute atomic E-state index is 0.102. The monoisotopic (exact) mass is 293 g/mol. The van der Waals surface area contributed by atoms with Crippen LogP contribution in [0.3, 0.4) is 0 Å². The predicted molar refractivity (Wildman–Crippen MR) is 69.1 cm³/mol. The van der Waals surface area contributed by atoms with Crippen LogP contribution in [0.5, 0.6) is 5.75 Å². The fraction of sp³-hybridized carbons (Fsp3) is 0.364. The third-order valence-electron chi connectivity index (χ3n) is 2.72. The Hall–Kier alpha value is -2.86. The summed E-state index contributed by atoms with van der Waals surface area (Å²) in [6.07, 6.45) is -3.20. The molecule has 0 fully saturated rings. The number of phenols is 1. The van der Waals surface area contributed by atoms with Gasteiger partial charge in [0, 0.05) is 23.1 Å². The van der Waals surface area contributed by atoms with Crippen LogP contribution in [0.1, 0.15) is 23.7 Å². The molecule has 0 saturated heterocycles. The van der Waals surface area contributed by atoms with Crippen LogP contribution in [0.25, 0.3) is 10.4 Å². The lowest BCUT2D eigenvalue weighted by Gasteiger charge is -2.18. The van der Waals surface area contributed by atoms with Crippen LogP contribution in [0.15, 0.2) is 17.2 Å². The first-order valence-corrected chi connectivity index (χ1v) is 5.70. The van der Waals surface area contributed by atoms with Gasteiger partial charge < -0.3 is 15.3 Å². The number of nitro benzene ring substituents is 1. The van der Waals surface area contributed by atoms with Gasteiger partial charge in [0.2, 0.25) is 0 Å². The molecule has 1 aromatic rings. The van der Waals surface area contributed by atoms with Crippen LogP contribution in [-0.4, -0.2) is 32.9 Å². The van der Waals surface area contributed by atoms with Gasteiger partial charge in [0.15, 0.2) is 5.75 Å². The zero-order valence-corrected chi connectivity index (χ0v) is 10.6. The number of hydrogen-bond donors (Lipinski definition) is 3. The first-order chi connectivity index (χ1) is 9.92. The molecule has 0 bridgehead atoms. The van der Waals surface area contributed by atoms with Gasteiger partial charge in [-0.3, -0.25) is 10.1 Å². The molecule has 1 rings (SSSR count). The molecule has 110 valence electrons. The topological polar surface area (TPSA) is 176 Å². The molecule has 2 atom stereocenters. The number of aromatic hydroxyl groups is 1. The Balaban J connectivity index is 3.16. The Morgan fingerprint density at radius 1 is 1.52 bits per heavy atom. The smallest absolute Gasteiger partial charge is 0.312 e. The van der Waals surface area contributed by atoms with Gasteiger partial charge in [0.05, 0.1) is 22.7 Å². The molecule has 0 heterocycles. The van der Waals surface area contributed by atoms with E-state index in [1.165, 1.54) is 0 Å². The van der Waals surface area contributed by atoms with E-state index in [4.69, 9.17) is 10.8 Å². The highest BCUT2D eigenvalue weighted by Crippen LogP contribution is 2.36. The molecule has 0 radical (unpaired) electrons. The number of nitrogens with zero attached hydrogens (tertiary/aromatic N) is 5. The molecule has 10 nitrogen and oxygen atoms in total. The highest BCUT2D eigenvalue weighted by molar-refractivity contribution is 5.56. The normalized spacial score (nSPS) is 12.8. The fourth-order valence-corrected chi connectivity index (χ4v) is 1.67. The third-order valence-corrected chi connectivity index (χ3v) is 2.72. The molecule has 0 spiro atoms. The number of rotatable bonds is 6. The summed E-state index contributed by atoms with van der Waals surface area (Å²) >= 11 is 0. The lowest BCUT2D eigenvalue weighted by atomic mass is 9.98. The van der Waals surface area contributed by atoms with Gasteiger partial charge in [-0.05, 0) is 18.0 Å². The Morgan fingerprint density at radius 2 is 2.19 bits per heavy atom. The van der Waals surface area contributed by atoms with E-state index in [0.717, 1.165) is 12.1 Å².